The minimum absolute atomic E-state index is 0.178. The van der Waals surface area contributed by atoms with Crippen molar-refractivity contribution in [2.24, 2.45) is 11.8 Å². The number of fused-ring (bicyclic) bond motifs is 4. The first kappa shape index (κ1) is 22.3. The number of piperidine rings is 3. The number of nitrogens with zero attached hydrogens (tertiary/aromatic N) is 2. The quantitative estimate of drug-likeness (QED) is 0.536. The zero-order valence-corrected chi connectivity index (χ0v) is 19.4. The Bertz CT molecular complexity index is 1230. The molecule has 6 rings (SSSR count). The van der Waals surface area contributed by atoms with Gasteiger partial charge in [-0.25, -0.2) is 0 Å². The number of amides is 2. The van der Waals surface area contributed by atoms with Gasteiger partial charge >= 0.3 is 0 Å². The molecule has 3 saturated heterocycles. The number of nitrogens with one attached hydrogen (secondary N) is 2. The maximum Gasteiger partial charge on any atom is 0.253 e. The third-order valence-electron chi connectivity index (χ3n) is 7.33. The molecule has 3 aliphatic heterocycles. The fourth-order valence-corrected chi connectivity index (χ4v) is 5.69. The number of aromatic nitrogens is 1. The lowest BCUT2D eigenvalue weighted by Crippen LogP contribution is -2.57. The molecule has 5 atom stereocenters. The van der Waals surface area contributed by atoms with Crippen LogP contribution < -0.4 is 10.6 Å². The molecule has 6 heteroatoms. The maximum absolute atomic E-state index is 13.6. The van der Waals surface area contributed by atoms with Crippen LogP contribution in [0.15, 0.2) is 73.4 Å². The molecule has 2 aromatic carbocycles. The van der Waals surface area contributed by atoms with Crippen LogP contribution in [0.3, 0.4) is 0 Å². The van der Waals surface area contributed by atoms with E-state index in [2.05, 4.69) is 39.2 Å². The average Bonchev–Trinajstić information content (AvgIpc) is 2.87. The zero-order valence-electron chi connectivity index (χ0n) is 19.4. The van der Waals surface area contributed by atoms with Crippen molar-refractivity contribution in [3.8, 4) is 0 Å². The van der Waals surface area contributed by atoms with Crippen LogP contribution in [-0.2, 0) is 4.79 Å². The predicted octanol–water partition coefficient (Wildman–Crippen LogP) is 4.56. The van der Waals surface area contributed by atoms with Crippen molar-refractivity contribution in [3.63, 3.8) is 0 Å². The number of pyridine rings is 1. The smallest absolute Gasteiger partial charge is 0.253 e. The van der Waals surface area contributed by atoms with Gasteiger partial charge in [0.05, 0.1) is 22.8 Å². The van der Waals surface area contributed by atoms with E-state index in [9.17, 15) is 9.59 Å². The minimum atomic E-state index is -0.209. The van der Waals surface area contributed by atoms with Crippen LogP contribution in [0, 0.1) is 11.8 Å². The number of anilines is 1. The van der Waals surface area contributed by atoms with E-state index in [-0.39, 0.29) is 23.9 Å². The number of hydrogen-bond donors (Lipinski definition) is 2. The highest BCUT2D eigenvalue weighted by Crippen LogP contribution is 2.42. The maximum atomic E-state index is 13.6. The lowest BCUT2D eigenvalue weighted by atomic mass is 9.73. The van der Waals surface area contributed by atoms with Crippen molar-refractivity contribution >= 4 is 28.4 Å². The van der Waals surface area contributed by atoms with Crippen LogP contribution in [0.2, 0.25) is 0 Å². The van der Waals surface area contributed by atoms with E-state index in [0.29, 0.717) is 23.1 Å². The van der Waals surface area contributed by atoms with Crippen LogP contribution in [0.25, 0.3) is 10.9 Å². The molecule has 3 aliphatic rings. The van der Waals surface area contributed by atoms with E-state index in [1.165, 1.54) is 6.92 Å². The van der Waals surface area contributed by atoms with E-state index in [1.54, 1.807) is 12.1 Å². The molecule has 2 bridgehead atoms. The van der Waals surface area contributed by atoms with E-state index in [0.717, 1.165) is 42.4 Å². The highest BCUT2D eigenvalue weighted by Gasteiger charge is 2.43. The van der Waals surface area contributed by atoms with Gasteiger partial charge in [0.15, 0.2) is 0 Å². The standard InChI is InChI=1S/C28H30N4O2/c1-3-19-17-32-15-13-20(19)16-26(32)27(22-12-14-29-24-10-6-4-8-21(22)24)31-28(34)23-9-5-7-11-25(23)30-18(2)33/h3-12,14,19-20,26-27H,1,13,15-17H2,2H3,(H,30,33)(H,31,34)/t19-,20-,26+,27+/m0/s1. The Morgan fingerprint density at radius 2 is 1.94 bits per heavy atom. The molecule has 3 aromatic rings. The van der Waals surface area contributed by atoms with Crippen LogP contribution in [0.4, 0.5) is 5.69 Å². The fraction of sp³-hybridized carbons (Fsp3) is 0.321. The summed E-state index contributed by atoms with van der Waals surface area (Å²) >= 11 is 0. The summed E-state index contributed by atoms with van der Waals surface area (Å²) in [5.41, 5.74) is 2.96. The third-order valence-corrected chi connectivity index (χ3v) is 7.33. The second-order valence-corrected chi connectivity index (χ2v) is 9.34. The van der Waals surface area contributed by atoms with Gasteiger partial charge in [0, 0.05) is 31.1 Å². The van der Waals surface area contributed by atoms with E-state index >= 15 is 0 Å². The highest BCUT2D eigenvalue weighted by atomic mass is 16.2. The third kappa shape index (κ3) is 4.21. The first-order valence-corrected chi connectivity index (χ1v) is 11.9. The lowest BCUT2D eigenvalue weighted by Gasteiger charge is -2.51. The van der Waals surface area contributed by atoms with Gasteiger partial charge in [-0.05, 0) is 61.1 Å². The van der Waals surface area contributed by atoms with Crippen LogP contribution in [0.1, 0.15) is 41.7 Å². The normalized spacial score (nSPS) is 24.4. The monoisotopic (exact) mass is 454 g/mol. The Labute approximate surface area is 200 Å². The molecule has 174 valence electrons. The predicted molar refractivity (Wildman–Crippen MR) is 134 cm³/mol. The van der Waals surface area contributed by atoms with Crippen molar-refractivity contribution in [2.45, 2.75) is 31.8 Å². The van der Waals surface area contributed by atoms with Crippen LogP contribution in [0.5, 0.6) is 0 Å². The summed E-state index contributed by atoms with van der Waals surface area (Å²) in [6.07, 6.45) is 6.08. The first-order chi connectivity index (χ1) is 16.5. The van der Waals surface area contributed by atoms with Gasteiger partial charge in [-0.15, -0.1) is 6.58 Å². The van der Waals surface area contributed by atoms with Gasteiger partial charge in [0.2, 0.25) is 5.91 Å². The average molecular weight is 455 g/mol. The molecule has 6 nitrogen and oxygen atoms in total. The van der Waals surface area contributed by atoms with E-state index < -0.39 is 0 Å². The summed E-state index contributed by atoms with van der Waals surface area (Å²) in [6, 6.07) is 17.2. The number of rotatable bonds is 6. The zero-order chi connectivity index (χ0) is 23.7. The minimum Gasteiger partial charge on any atom is -0.344 e. The summed E-state index contributed by atoms with van der Waals surface area (Å²) in [5, 5.41) is 7.19. The molecule has 4 heterocycles. The van der Waals surface area contributed by atoms with Gasteiger partial charge in [0.25, 0.3) is 5.91 Å². The van der Waals surface area contributed by atoms with E-state index in [4.69, 9.17) is 0 Å². The van der Waals surface area contributed by atoms with Gasteiger partial charge in [-0.2, -0.15) is 0 Å². The summed E-state index contributed by atoms with van der Waals surface area (Å²) in [4.78, 5) is 32.4. The number of carbonyl (C=O) groups is 2. The summed E-state index contributed by atoms with van der Waals surface area (Å²) in [7, 11) is 0. The van der Waals surface area contributed by atoms with Gasteiger partial charge in [-0.1, -0.05) is 36.4 Å². The molecule has 0 saturated carbocycles. The van der Waals surface area contributed by atoms with Crippen molar-refractivity contribution in [2.75, 3.05) is 18.4 Å². The number of benzene rings is 2. The summed E-state index contributed by atoms with van der Waals surface area (Å²) in [5.74, 6) is 0.670. The Balaban J connectivity index is 1.54. The molecular weight excluding hydrogens is 424 g/mol. The van der Waals surface area contributed by atoms with Crippen LogP contribution >= 0.6 is 0 Å². The summed E-state index contributed by atoms with van der Waals surface area (Å²) < 4.78 is 0. The highest BCUT2D eigenvalue weighted by molar-refractivity contribution is 6.03. The first-order valence-electron chi connectivity index (χ1n) is 11.9. The lowest BCUT2D eigenvalue weighted by molar-refractivity contribution is -0.114. The molecule has 1 aromatic heterocycles. The molecule has 2 N–H and O–H groups in total. The molecule has 3 fully saturated rings. The van der Waals surface area contributed by atoms with Crippen molar-refractivity contribution in [1.29, 1.82) is 0 Å². The summed E-state index contributed by atoms with van der Waals surface area (Å²) in [6.45, 7) is 7.50. The van der Waals surface area contributed by atoms with Crippen molar-refractivity contribution in [1.82, 2.24) is 15.2 Å². The molecule has 0 spiro atoms. The number of hydrogen-bond acceptors (Lipinski definition) is 4. The van der Waals surface area contributed by atoms with Crippen molar-refractivity contribution < 1.29 is 9.59 Å². The van der Waals surface area contributed by atoms with Gasteiger partial charge < -0.3 is 10.6 Å². The van der Waals surface area contributed by atoms with Gasteiger partial charge in [-0.3, -0.25) is 19.5 Å². The van der Waals surface area contributed by atoms with Crippen LogP contribution in [-0.4, -0.2) is 40.8 Å². The molecule has 0 radical (unpaired) electrons. The second kappa shape index (κ2) is 9.39. The SMILES string of the molecule is C=C[C@H]1CN2CC[C@H]1C[C@@H]2[C@H](NC(=O)c1ccccc1NC(C)=O)c1ccnc2ccccc12. The molecule has 1 unspecified atom stereocenters. The Morgan fingerprint density at radius 1 is 1.15 bits per heavy atom. The number of para-hydroxylation sites is 2. The molecule has 0 aliphatic carbocycles. The molecule has 2 amide bonds. The Morgan fingerprint density at radius 3 is 2.71 bits per heavy atom. The second-order valence-electron chi connectivity index (χ2n) is 9.34. The topological polar surface area (TPSA) is 74.3 Å². The van der Waals surface area contributed by atoms with Crippen molar-refractivity contribution in [3.05, 3.63) is 84.6 Å². The van der Waals surface area contributed by atoms with Gasteiger partial charge in [0.1, 0.15) is 0 Å². The van der Waals surface area contributed by atoms with E-state index in [1.807, 2.05) is 42.6 Å². The fourth-order valence-electron chi connectivity index (χ4n) is 5.69. The Kier molecular flexibility index (Phi) is 6.16. The molecular formula is C28H30N4O2. The largest absolute Gasteiger partial charge is 0.344 e. The number of carbonyl (C=O) groups excluding carboxylic acids is 2. The molecule has 34 heavy (non-hydrogen) atoms. The Hall–Kier alpha value is -3.51.